The largest absolute Gasteiger partial charge is 0.371 e. The number of benzene rings is 1. The Labute approximate surface area is 83.9 Å². The Balaban J connectivity index is 2.46. The number of likely N-dealkylation sites (N-methyl/N-ethyl adjacent to an activating group) is 1. The van der Waals surface area contributed by atoms with E-state index in [1.807, 2.05) is 29.2 Å². The molecule has 0 radical (unpaired) electrons. The molecule has 1 aliphatic heterocycles. The second-order valence-corrected chi connectivity index (χ2v) is 3.58. The van der Waals surface area contributed by atoms with Crippen LogP contribution in [0, 0.1) is 0 Å². The predicted octanol–water partition coefficient (Wildman–Crippen LogP) is 1.49. The van der Waals surface area contributed by atoms with Crippen LogP contribution in [0.4, 0.5) is 11.4 Å². The van der Waals surface area contributed by atoms with Crippen molar-refractivity contribution in [2.45, 2.75) is 6.92 Å². The number of hydrogen-bond donors (Lipinski definition) is 0. The molecular formula is C11H14N2O. The lowest BCUT2D eigenvalue weighted by atomic mass is 10.2. The summed E-state index contributed by atoms with van der Waals surface area (Å²) in [6.45, 7) is 3.29. The number of amides is 1. The van der Waals surface area contributed by atoms with Gasteiger partial charge in [-0.25, -0.2) is 0 Å². The van der Waals surface area contributed by atoms with Crippen LogP contribution in [0.1, 0.15) is 6.92 Å². The van der Waals surface area contributed by atoms with Gasteiger partial charge >= 0.3 is 0 Å². The van der Waals surface area contributed by atoms with Gasteiger partial charge in [-0.1, -0.05) is 12.1 Å². The molecule has 0 aliphatic carbocycles. The maximum atomic E-state index is 11.4. The molecule has 0 bridgehead atoms. The number of anilines is 2. The van der Waals surface area contributed by atoms with Crippen molar-refractivity contribution in [3.63, 3.8) is 0 Å². The molecule has 0 saturated carbocycles. The standard InChI is InChI=1S/C11H14N2O/c1-9(14)13-8-7-12(2)10-5-3-4-6-11(10)13/h3-6H,7-8H2,1-2H3. The summed E-state index contributed by atoms with van der Waals surface area (Å²) in [4.78, 5) is 15.4. The average molecular weight is 190 g/mol. The van der Waals surface area contributed by atoms with Gasteiger partial charge in [-0.05, 0) is 12.1 Å². The molecular weight excluding hydrogens is 176 g/mol. The first-order valence-electron chi connectivity index (χ1n) is 4.78. The van der Waals surface area contributed by atoms with Crippen LogP contribution in [0.2, 0.25) is 0 Å². The molecule has 1 amide bonds. The molecule has 0 fully saturated rings. The van der Waals surface area contributed by atoms with Crippen molar-refractivity contribution in [3.8, 4) is 0 Å². The quantitative estimate of drug-likeness (QED) is 0.618. The average Bonchev–Trinajstić information content (AvgIpc) is 2.18. The highest BCUT2D eigenvalue weighted by Gasteiger charge is 2.21. The minimum absolute atomic E-state index is 0.116. The highest BCUT2D eigenvalue weighted by Crippen LogP contribution is 2.31. The summed E-state index contributed by atoms with van der Waals surface area (Å²) in [7, 11) is 2.05. The smallest absolute Gasteiger partial charge is 0.223 e. The first kappa shape index (κ1) is 9.06. The Hall–Kier alpha value is -1.51. The van der Waals surface area contributed by atoms with E-state index in [0.717, 1.165) is 24.5 Å². The van der Waals surface area contributed by atoms with Crippen molar-refractivity contribution < 1.29 is 4.79 Å². The number of nitrogens with zero attached hydrogens (tertiary/aromatic N) is 2. The topological polar surface area (TPSA) is 23.6 Å². The molecule has 0 atom stereocenters. The molecule has 1 aromatic rings. The van der Waals surface area contributed by atoms with E-state index in [9.17, 15) is 4.79 Å². The Bertz CT molecular complexity index is 362. The molecule has 74 valence electrons. The fourth-order valence-electron chi connectivity index (χ4n) is 1.83. The number of para-hydroxylation sites is 2. The molecule has 3 heteroatoms. The maximum absolute atomic E-state index is 11.4. The predicted molar refractivity (Wildman–Crippen MR) is 57.7 cm³/mol. The molecule has 2 rings (SSSR count). The van der Waals surface area contributed by atoms with E-state index in [2.05, 4.69) is 11.9 Å². The van der Waals surface area contributed by atoms with Gasteiger partial charge in [0.1, 0.15) is 0 Å². The number of carbonyl (C=O) groups excluding carboxylic acids is 1. The lowest BCUT2D eigenvalue weighted by Gasteiger charge is -2.35. The van der Waals surface area contributed by atoms with Crippen LogP contribution in [0.15, 0.2) is 24.3 Å². The minimum Gasteiger partial charge on any atom is -0.371 e. The lowest BCUT2D eigenvalue weighted by Crippen LogP contribution is -2.41. The van der Waals surface area contributed by atoms with Crippen molar-refractivity contribution in [1.29, 1.82) is 0 Å². The molecule has 0 unspecified atom stereocenters. The van der Waals surface area contributed by atoms with Gasteiger partial charge in [-0.15, -0.1) is 0 Å². The molecule has 0 spiro atoms. The van der Waals surface area contributed by atoms with Gasteiger partial charge < -0.3 is 9.80 Å². The zero-order chi connectivity index (χ0) is 10.1. The number of fused-ring (bicyclic) bond motifs is 1. The third kappa shape index (κ3) is 1.35. The Morgan fingerprint density at radius 1 is 1.21 bits per heavy atom. The molecule has 1 aliphatic rings. The monoisotopic (exact) mass is 190 g/mol. The molecule has 1 aromatic carbocycles. The highest BCUT2D eigenvalue weighted by molar-refractivity contribution is 5.96. The van der Waals surface area contributed by atoms with Crippen LogP contribution >= 0.6 is 0 Å². The highest BCUT2D eigenvalue weighted by atomic mass is 16.2. The summed E-state index contributed by atoms with van der Waals surface area (Å²) in [5.74, 6) is 0.116. The summed E-state index contributed by atoms with van der Waals surface area (Å²) in [6.07, 6.45) is 0. The van der Waals surface area contributed by atoms with Gasteiger partial charge in [-0.3, -0.25) is 4.79 Å². The van der Waals surface area contributed by atoms with Gasteiger partial charge in [-0.2, -0.15) is 0 Å². The first-order valence-corrected chi connectivity index (χ1v) is 4.78. The Morgan fingerprint density at radius 2 is 1.86 bits per heavy atom. The summed E-state index contributed by atoms with van der Waals surface area (Å²) < 4.78 is 0. The van der Waals surface area contributed by atoms with E-state index in [1.54, 1.807) is 6.92 Å². The van der Waals surface area contributed by atoms with Crippen LogP contribution in [-0.2, 0) is 4.79 Å². The zero-order valence-electron chi connectivity index (χ0n) is 8.53. The molecule has 0 saturated heterocycles. The van der Waals surface area contributed by atoms with E-state index in [-0.39, 0.29) is 5.91 Å². The first-order chi connectivity index (χ1) is 6.70. The second-order valence-electron chi connectivity index (χ2n) is 3.58. The van der Waals surface area contributed by atoms with E-state index in [0.29, 0.717) is 0 Å². The van der Waals surface area contributed by atoms with Crippen LogP contribution in [-0.4, -0.2) is 26.0 Å². The molecule has 0 N–H and O–H groups in total. The number of hydrogen-bond acceptors (Lipinski definition) is 2. The minimum atomic E-state index is 0.116. The second kappa shape index (κ2) is 3.33. The van der Waals surface area contributed by atoms with Crippen LogP contribution in [0.5, 0.6) is 0 Å². The van der Waals surface area contributed by atoms with Gasteiger partial charge in [0, 0.05) is 27.1 Å². The van der Waals surface area contributed by atoms with Gasteiger partial charge in [0.25, 0.3) is 0 Å². The van der Waals surface area contributed by atoms with Gasteiger partial charge in [0.05, 0.1) is 11.4 Å². The van der Waals surface area contributed by atoms with Crippen LogP contribution in [0.25, 0.3) is 0 Å². The van der Waals surface area contributed by atoms with E-state index >= 15 is 0 Å². The van der Waals surface area contributed by atoms with Gasteiger partial charge in [0.2, 0.25) is 5.91 Å². The van der Waals surface area contributed by atoms with Crippen molar-refractivity contribution in [2.24, 2.45) is 0 Å². The van der Waals surface area contributed by atoms with E-state index in [1.165, 1.54) is 0 Å². The van der Waals surface area contributed by atoms with Crippen molar-refractivity contribution in [1.82, 2.24) is 0 Å². The van der Waals surface area contributed by atoms with Gasteiger partial charge in [0.15, 0.2) is 0 Å². The summed E-state index contributed by atoms with van der Waals surface area (Å²) >= 11 is 0. The summed E-state index contributed by atoms with van der Waals surface area (Å²) in [6, 6.07) is 8.00. The third-order valence-corrected chi connectivity index (χ3v) is 2.62. The number of rotatable bonds is 0. The normalized spacial score (nSPS) is 15.3. The maximum Gasteiger partial charge on any atom is 0.223 e. The van der Waals surface area contributed by atoms with Crippen molar-refractivity contribution in [3.05, 3.63) is 24.3 Å². The summed E-state index contributed by atoms with van der Waals surface area (Å²) in [5, 5.41) is 0. The fraction of sp³-hybridized carbons (Fsp3) is 0.364. The van der Waals surface area contributed by atoms with E-state index < -0.39 is 0 Å². The zero-order valence-corrected chi connectivity index (χ0v) is 8.53. The van der Waals surface area contributed by atoms with E-state index in [4.69, 9.17) is 0 Å². The molecule has 3 nitrogen and oxygen atoms in total. The van der Waals surface area contributed by atoms with Crippen molar-refractivity contribution in [2.75, 3.05) is 29.9 Å². The Kier molecular flexibility index (Phi) is 2.15. The lowest BCUT2D eigenvalue weighted by molar-refractivity contribution is -0.116. The number of carbonyl (C=O) groups is 1. The van der Waals surface area contributed by atoms with Crippen molar-refractivity contribution >= 4 is 17.3 Å². The van der Waals surface area contributed by atoms with Crippen LogP contribution < -0.4 is 9.80 Å². The summed E-state index contributed by atoms with van der Waals surface area (Å²) in [5.41, 5.74) is 2.16. The molecule has 1 heterocycles. The third-order valence-electron chi connectivity index (χ3n) is 2.62. The molecule has 0 aromatic heterocycles. The SMILES string of the molecule is CC(=O)N1CCN(C)c2ccccc21. The fourth-order valence-corrected chi connectivity index (χ4v) is 1.83. The molecule has 14 heavy (non-hydrogen) atoms. The Morgan fingerprint density at radius 3 is 2.50 bits per heavy atom. The van der Waals surface area contributed by atoms with Crippen LogP contribution in [0.3, 0.4) is 0 Å².